The van der Waals surface area contributed by atoms with E-state index in [1.807, 2.05) is 0 Å². The number of fused-ring (bicyclic) bond motifs is 9. The first-order valence-electron chi connectivity index (χ1n) is 21.4. The van der Waals surface area contributed by atoms with Gasteiger partial charge in [0.1, 0.15) is 0 Å². The van der Waals surface area contributed by atoms with Gasteiger partial charge in [0.05, 0.1) is 44.7 Å². The summed E-state index contributed by atoms with van der Waals surface area (Å²) in [7, 11) is 0. The summed E-state index contributed by atoms with van der Waals surface area (Å²) < 4.78 is 4.75. The molecule has 1 aliphatic heterocycles. The zero-order valence-corrected chi connectivity index (χ0v) is 34.1. The van der Waals surface area contributed by atoms with E-state index in [1.54, 1.807) is 0 Å². The molecular weight excluding hydrogens is 767 g/mol. The molecule has 0 saturated heterocycles. The maximum absolute atomic E-state index is 5.48. The van der Waals surface area contributed by atoms with Crippen LogP contribution in [0.3, 0.4) is 0 Å². The molecular formula is C58H37N5. The molecule has 5 heteroatoms. The van der Waals surface area contributed by atoms with E-state index in [2.05, 4.69) is 239 Å². The van der Waals surface area contributed by atoms with Crippen LogP contribution in [0.5, 0.6) is 0 Å². The number of para-hydroxylation sites is 5. The van der Waals surface area contributed by atoms with Crippen molar-refractivity contribution >= 4 is 84.0 Å². The van der Waals surface area contributed by atoms with Gasteiger partial charge in [-0.25, -0.2) is 9.97 Å². The lowest BCUT2D eigenvalue weighted by Crippen LogP contribution is -2.15. The van der Waals surface area contributed by atoms with Crippen molar-refractivity contribution in [3.05, 3.63) is 223 Å². The first-order valence-corrected chi connectivity index (χ1v) is 21.4. The van der Waals surface area contributed by atoms with Crippen molar-refractivity contribution in [2.24, 2.45) is 0 Å². The normalized spacial score (nSPS) is 12.3. The Hall–Kier alpha value is -8.54. The van der Waals surface area contributed by atoms with Crippen LogP contribution in [0.15, 0.2) is 212 Å². The molecule has 0 fully saturated rings. The zero-order valence-electron chi connectivity index (χ0n) is 34.1. The smallest absolute Gasteiger partial charge is 0.235 e. The van der Waals surface area contributed by atoms with Crippen LogP contribution in [0, 0.1) is 0 Å². The van der Waals surface area contributed by atoms with Gasteiger partial charge >= 0.3 is 0 Å². The van der Waals surface area contributed by atoms with Gasteiger partial charge in [0, 0.05) is 49.4 Å². The van der Waals surface area contributed by atoms with E-state index >= 15 is 0 Å². The highest BCUT2D eigenvalue weighted by Gasteiger charge is 2.27. The highest BCUT2D eigenvalue weighted by Crippen LogP contribution is 2.47. The lowest BCUT2D eigenvalue weighted by atomic mass is 9.99. The quantitative estimate of drug-likeness (QED) is 0.174. The molecule has 4 heterocycles. The standard InChI is InChI=1S/C58H37N5/c1-4-16-38(17-5-1)57-47-24-10-13-25-50(47)59-58(60-57)63-51-32-30-39(40-31-33-54-48(35-40)45-22-11-14-26-52(45)61(54)43-18-6-2-7-19-43)34-41(51)28-29-42-36-56-49(37-55(42)63)46-23-12-15-27-53(46)62(56)44-20-8-3-9-21-44/h1-37H. The molecule has 5 nitrogen and oxygen atoms in total. The molecule has 1 aliphatic rings. The molecule has 0 spiro atoms. The Morgan fingerprint density at radius 1 is 0.317 bits per heavy atom. The lowest BCUT2D eigenvalue weighted by molar-refractivity contribution is 1.11. The van der Waals surface area contributed by atoms with Crippen LogP contribution >= 0.6 is 0 Å². The minimum absolute atomic E-state index is 0.618. The first kappa shape index (κ1) is 35.2. The Labute approximate surface area is 363 Å². The Morgan fingerprint density at radius 2 is 0.841 bits per heavy atom. The minimum Gasteiger partial charge on any atom is -0.309 e. The molecule has 0 bridgehead atoms. The SMILES string of the molecule is C1=Cc2cc3c(cc2N(c2nc(-c4ccccc4)c4ccccc4n2)c2ccc(-c4ccc5c(c4)c4ccccc4n5-c4ccccc4)cc21)c1ccccc1n3-c1ccccc1. The van der Waals surface area contributed by atoms with E-state index in [4.69, 9.17) is 9.97 Å². The predicted octanol–water partition coefficient (Wildman–Crippen LogP) is 15.1. The van der Waals surface area contributed by atoms with Crippen molar-refractivity contribution in [1.29, 1.82) is 0 Å². The summed E-state index contributed by atoms with van der Waals surface area (Å²) in [5.74, 6) is 0.618. The van der Waals surface area contributed by atoms with Crippen LogP contribution < -0.4 is 4.90 Å². The van der Waals surface area contributed by atoms with Crippen LogP contribution in [-0.2, 0) is 0 Å². The second-order valence-corrected chi connectivity index (χ2v) is 16.2. The largest absolute Gasteiger partial charge is 0.309 e. The fraction of sp³-hybridized carbons (Fsp3) is 0. The summed E-state index contributed by atoms with van der Waals surface area (Å²) in [6.45, 7) is 0. The van der Waals surface area contributed by atoms with Crippen LogP contribution in [0.25, 0.3) is 100 Å². The Balaban J connectivity index is 1.05. The Kier molecular flexibility index (Phi) is 7.84. The molecule has 0 atom stereocenters. The number of nitrogens with zero attached hydrogens (tertiary/aromatic N) is 5. The summed E-state index contributed by atoms with van der Waals surface area (Å²) in [6, 6.07) is 75.9. The molecule has 0 N–H and O–H groups in total. The van der Waals surface area contributed by atoms with E-state index in [9.17, 15) is 0 Å². The van der Waals surface area contributed by atoms with E-state index < -0.39 is 0 Å². The molecule has 0 saturated carbocycles. The summed E-state index contributed by atoms with van der Waals surface area (Å²) in [6.07, 6.45) is 4.53. The fourth-order valence-electron chi connectivity index (χ4n) is 9.79. The average molecular weight is 804 g/mol. The average Bonchev–Trinajstić information content (AvgIpc) is 3.80. The van der Waals surface area contributed by atoms with E-state index in [0.29, 0.717) is 5.95 Å². The third kappa shape index (κ3) is 5.57. The predicted molar refractivity (Wildman–Crippen MR) is 263 cm³/mol. The van der Waals surface area contributed by atoms with Gasteiger partial charge in [0.25, 0.3) is 0 Å². The van der Waals surface area contributed by atoms with Crippen molar-refractivity contribution in [1.82, 2.24) is 19.1 Å². The van der Waals surface area contributed by atoms with Crippen LogP contribution in [0.2, 0.25) is 0 Å². The molecule has 0 unspecified atom stereocenters. The lowest BCUT2D eigenvalue weighted by Gasteiger charge is -2.26. The molecule has 12 aromatic rings. The van der Waals surface area contributed by atoms with Crippen molar-refractivity contribution < 1.29 is 0 Å². The van der Waals surface area contributed by atoms with Gasteiger partial charge in [-0.2, -0.15) is 0 Å². The van der Waals surface area contributed by atoms with E-state index in [1.165, 1.54) is 32.6 Å². The number of hydrogen-bond donors (Lipinski definition) is 0. The first-order chi connectivity index (χ1) is 31.2. The molecule has 294 valence electrons. The minimum atomic E-state index is 0.618. The number of rotatable bonds is 5. The third-order valence-electron chi connectivity index (χ3n) is 12.6. The molecule has 63 heavy (non-hydrogen) atoms. The van der Waals surface area contributed by atoms with Crippen LogP contribution in [0.1, 0.15) is 11.1 Å². The van der Waals surface area contributed by atoms with E-state index in [-0.39, 0.29) is 0 Å². The number of benzene rings is 9. The van der Waals surface area contributed by atoms with Crippen LogP contribution in [0.4, 0.5) is 17.3 Å². The summed E-state index contributed by atoms with van der Waals surface area (Å²) >= 11 is 0. The molecule has 3 aromatic heterocycles. The van der Waals surface area contributed by atoms with Gasteiger partial charge in [-0.05, 0) is 95.6 Å². The van der Waals surface area contributed by atoms with Crippen molar-refractivity contribution in [2.45, 2.75) is 0 Å². The monoisotopic (exact) mass is 803 g/mol. The number of aromatic nitrogens is 4. The Bertz CT molecular complexity index is 3790. The van der Waals surface area contributed by atoms with E-state index in [0.717, 1.165) is 78.2 Å². The second kappa shape index (κ2) is 14.0. The summed E-state index contributed by atoms with van der Waals surface area (Å²) in [5.41, 5.74) is 16.3. The molecule has 9 aromatic carbocycles. The molecule has 0 amide bonds. The second-order valence-electron chi connectivity index (χ2n) is 16.2. The molecule has 13 rings (SSSR count). The highest BCUT2D eigenvalue weighted by molar-refractivity contribution is 6.13. The van der Waals surface area contributed by atoms with Gasteiger partial charge in [0.15, 0.2) is 0 Å². The maximum Gasteiger partial charge on any atom is 0.235 e. The zero-order chi connectivity index (χ0) is 41.4. The van der Waals surface area contributed by atoms with Gasteiger partial charge in [-0.15, -0.1) is 0 Å². The van der Waals surface area contributed by atoms with Gasteiger partial charge in [0.2, 0.25) is 5.95 Å². The van der Waals surface area contributed by atoms with Crippen molar-refractivity contribution in [3.63, 3.8) is 0 Å². The van der Waals surface area contributed by atoms with Gasteiger partial charge < -0.3 is 9.13 Å². The van der Waals surface area contributed by atoms with Gasteiger partial charge in [-0.1, -0.05) is 146 Å². The van der Waals surface area contributed by atoms with Crippen LogP contribution in [-0.4, -0.2) is 19.1 Å². The third-order valence-corrected chi connectivity index (χ3v) is 12.6. The van der Waals surface area contributed by atoms with Gasteiger partial charge in [-0.3, -0.25) is 4.90 Å². The molecule has 0 aliphatic carbocycles. The topological polar surface area (TPSA) is 38.9 Å². The highest BCUT2D eigenvalue weighted by atomic mass is 15.3. The maximum atomic E-state index is 5.48. The fourth-order valence-corrected chi connectivity index (χ4v) is 9.79. The van der Waals surface area contributed by atoms with Crippen molar-refractivity contribution in [2.75, 3.05) is 4.90 Å². The summed E-state index contributed by atoms with van der Waals surface area (Å²) in [4.78, 5) is 13.1. The Morgan fingerprint density at radius 3 is 1.54 bits per heavy atom. The summed E-state index contributed by atoms with van der Waals surface area (Å²) in [5, 5.41) is 5.83. The molecule has 0 radical (unpaired) electrons. The van der Waals surface area contributed by atoms with Crippen molar-refractivity contribution in [3.8, 4) is 33.8 Å². The number of hydrogen-bond acceptors (Lipinski definition) is 3. The number of anilines is 3.